The number of hydrogen-bond acceptors (Lipinski definition) is 5. The number of nitrogens with zero attached hydrogens (tertiary/aromatic N) is 5. The number of carbonyl (C=O) groups is 1. The number of pyridine rings is 1. The first-order valence-electron chi connectivity index (χ1n) is 9.79. The second-order valence-electron chi connectivity index (χ2n) is 7.16. The fourth-order valence-corrected chi connectivity index (χ4v) is 3.36. The Kier molecular flexibility index (Phi) is 4.68. The van der Waals surface area contributed by atoms with Crippen LogP contribution in [0.2, 0.25) is 0 Å². The van der Waals surface area contributed by atoms with Crippen LogP contribution in [0.4, 0.5) is 5.69 Å². The van der Waals surface area contributed by atoms with E-state index in [1.54, 1.807) is 23.0 Å². The molecule has 0 bridgehead atoms. The van der Waals surface area contributed by atoms with Gasteiger partial charge in [-0.15, -0.1) is 10.2 Å². The van der Waals surface area contributed by atoms with Crippen LogP contribution in [0.3, 0.4) is 0 Å². The average Bonchev–Trinajstić information content (AvgIpc) is 3.23. The van der Waals surface area contributed by atoms with E-state index in [9.17, 15) is 4.79 Å². The van der Waals surface area contributed by atoms with Gasteiger partial charge in [-0.2, -0.15) is 9.61 Å². The van der Waals surface area contributed by atoms with E-state index >= 15 is 0 Å². The SMILES string of the molecule is Cc1cccc(C(=O)Nc2cccc(-c3ccc4nnc(-c5cccnc5)n4n3)c2)c1. The van der Waals surface area contributed by atoms with E-state index in [0.717, 1.165) is 22.4 Å². The van der Waals surface area contributed by atoms with Gasteiger partial charge in [0.1, 0.15) is 0 Å². The number of hydrogen-bond donors (Lipinski definition) is 1. The van der Waals surface area contributed by atoms with Gasteiger partial charge in [-0.25, -0.2) is 0 Å². The maximum Gasteiger partial charge on any atom is 0.255 e. The molecule has 0 atom stereocenters. The highest BCUT2D eigenvalue weighted by Gasteiger charge is 2.12. The number of carbonyl (C=O) groups excluding carboxylic acids is 1. The lowest BCUT2D eigenvalue weighted by atomic mass is 10.1. The van der Waals surface area contributed by atoms with Gasteiger partial charge in [0, 0.05) is 34.8 Å². The first-order chi connectivity index (χ1) is 15.2. The van der Waals surface area contributed by atoms with E-state index in [4.69, 9.17) is 5.10 Å². The zero-order chi connectivity index (χ0) is 21.2. The molecule has 2 aromatic carbocycles. The van der Waals surface area contributed by atoms with Crippen molar-refractivity contribution in [3.8, 4) is 22.6 Å². The third-order valence-electron chi connectivity index (χ3n) is 4.88. The lowest BCUT2D eigenvalue weighted by Gasteiger charge is -2.08. The highest BCUT2D eigenvalue weighted by Crippen LogP contribution is 2.23. The maximum absolute atomic E-state index is 12.6. The molecular formula is C24H18N6O. The van der Waals surface area contributed by atoms with Crippen molar-refractivity contribution in [2.45, 2.75) is 6.92 Å². The Morgan fingerprint density at radius 2 is 1.77 bits per heavy atom. The zero-order valence-corrected chi connectivity index (χ0v) is 16.7. The normalized spacial score (nSPS) is 10.9. The summed E-state index contributed by atoms with van der Waals surface area (Å²) in [6.07, 6.45) is 3.44. The Morgan fingerprint density at radius 3 is 2.61 bits per heavy atom. The van der Waals surface area contributed by atoms with E-state index < -0.39 is 0 Å². The van der Waals surface area contributed by atoms with Crippen LogP contribution in [-0.4, -0.2) is 30.7 Å². The standard InChI is InChI=1S/C24H18N6O/c1-16-5-2-7-18(13-16)24(31)26-20-9-3-6-17(14-20)21-10-11-22-27-28-23(30(22)29-21)19-8-4-12-25-15-19/h2-15H,1H3,(H,26,31). The predicted molar refractivity (Wildman–Crippen MR) is 119 cm³/mol. The van der Waals surface area contributed by atoms with Crippen molar-refractivity contribution < 1.29 is 4.79 Å². The van der Waals surface area contributed by atoms with Crippen molar-refractivity contribution in [1.82, 2.24) is 24.8 Å². The maximum atomic E-state index is 12.6. The Bertz CT molecular complexity index is 1390. The van der Waals surface area contributed by atoms with Crippen LogP contribution in [0.15, 0.2) is 85.2 Å². The molecule has 0 saturated carbocycles. The Morgan fingerprint density at radius 1 is 0.903 bits per heavy atom. The summed E-state index contributed by atoms with van der Waals surface area (Å²) in [5, 5.41) is 16.1. The fraction of sp³-hybridized carbons (Fsp3) is 0.0417. The summed E-state index contributed by atoms with van der Waals surface area (Å²) in [6, 6.07) is 22.6. The number of rotatable bonds is 4. The van der Waals surface area contributed by atoms with E-state index in [-0.39, 0.29) is 5.91 Å². The quantitative estimate of drug-likeness (QED) is 0.478. The van der Waals surface area contributed by atoms with Gasteiger partial charge >= 0.3 is 0 Å². The minimum absolute atomic E-state index is 0.151. The molecule has 5 rings (SSSR count). The molecule has 0 spiro atoms. The minimum Gasteiger partial charge on any atom is -0.322 e. The second-order valence-corrected chi connectivity index (χ2v) is 7.16. The molecule has 31 heavy (non-hydrogen) atoms. The van der Waals surface area contributed by atoms with Crippen LogP contribution >= 0.6 is 0 Å². The molecule has 150 valence electrons. The Labute approximate surface area is 178 Å². The molecule has 0 aliphatic rings. The molecule has 1 amide bonds. The number of benzene rings is 2. The van der Waals surface area contributed by atoms with Crippen LogP contribution in [0.5, 0.6) is 0 Å². The lowest BCUT2D eigenvalue weighted by Crippen LogP contribution is -2.12. The fourth-order valence-electron chi connectivity index (χ4n) is 3.36. The largest absolute Gasteiger partial charge is 0.322 e. The Hall–Kier alpha value is -4.39. The third kappa shape index (κ3) is 3.76. The van der Waals surface area contributed by atoms with Gasteiger partial charge in [0.05, 0.1) is 5.69 Å². The predicted octanol–water partition coefficient (Wildman–Crippen LogP) is 4.41. The molecule has 0 aliphatic heterocycles. The van der Waals surface area contributed by atoms with Gasteiger partial charge in [-0.3, -0.25) is 9.78 Å². The van der Waals surface area contributed by atoms with Crippen molar-refractivity contribution in [3.63, 3.8) is 0 Å². The summed E-state index contributed by atoms with van der Waals surface area (Å²) in [7, 11) is 0. The molecule has 0 radical (unpaired) electrons. The van der Waals surface area contributed by atoms with E-state index in [0.29, 0.717) is 22.7 Å². The molecular weight excluding hydrogens is 388 g/mol. The average molecular weight is 406 g/mol. The second kappa shape index (κ2) is 7.79. The van der Waals surface area contributed by atoms with Gasteiger partial charge in [-0.05, 0) is 55.5 Å². The summed E-state index contributed by atoms with van der Waals surface area (Å²) >= 11 is 0. The molecule has 0 fully saturated rings. The van der Waals surface area contributed by atoms with E-state index in [1.807, 2.05) is 73.7 Å². The highest BCUT2D eigenvalue weighted by molar-refractivity contribution is 6.04. The van der Waals surface area contributed by atoms with Gasteiger partial charge in [0.25, 0.3) is 5.91 Å². The summed E-state index contributed by atoms with van der Waals surface area (Å²) < 4.78 is 1.70. The number of nitrogens with one attached hydrogen (secondary N) is 1. The van der Waals surface area contributed by atoms with Gasteiger partial charge in [0.2, 0.25) is 0 Å². The van der Waals surface area contributed by atoms with Crippen LogP contribution in [0.25, 0.3) is 28.3 Å². The minimum atomic E-state index is -0.151. The van der Waals surface area contributed by atoms with Crippen LogP contribution in [0.1, 0.15) is 15.9 Å². The molecule has 0 unspecified atom stereocenters. The summed E-state index contributed by atoms with van der Waals surface area (Å²) in [6.45, 7) is 1.96. The number of aryl methyl sites for hydroxylation is 1. The third-order valence-corrected chi connectivity index (χ3v) is 4.88. The van der Waals surface area contributed by atoms with Crippen LogP contribution in [0, 0.1) is 6.92 Å². The number of aromatic nitrogens is 5. The highest BCUT2D eigenvalue weighted by atomic mass is 16.1. The number of amides is 1. The van der Waals surface area contributed by atoms with E-state index in [2.05, 4.69) is 20.5 Å². The lowest BCUT2D eigenvalue weighted by molar-refractivity contribution is 0.102. The molecule has 3 heterocycles. The molecule has 5 aromatic rings. The molecule has 1 N–H and O–H groups in total. The monoisotopic (exact) mass is 406 g/mol. The molecule has 7 heteroatoms. The molecule has 3 aromatic heterocycles. The molecule has 0 saturated heterocycles. The number of anilines is 1. The topological polar surface area (TPSA) is 85.1 Å². The van der Waals surface area contributed by atoms with Crippen molar-refractivity contribution in [2.75, 3.05) is 5.32 Å². The van der Waals surface area contributed by atoms with Gasteiger partial charge in [0.15, 0.2) is 11.5 Å². The summed E-state index contributed by atoms with van der Waals surface area (Å²) in [5.74, 6) is 0.468. The van der Waals surface area contributed by atoms with Crippen molar-refractivity contribution in [2.24, 2.45) is 0 Å². The van der Waals surface area contributed by atoms with Gasteiger partial charge in [-0.1, -0.05) is 29.8 Å². The van der Waals surface area contributed by atoms with Crippen molar-refractivity contribution in [1.29, 1.82) is 0 Å². The van der Waals surface area contributed by atoms with E-state index in [1.165, 1.54) is 0 Å². The number of fused-ring (bicyclic) bond motifs is 1. The molecule has 7 nitrogen and oxygen atoms in total. The first kappa shape index (κ1) is 18.6. The summed E-state index contributed by atoms with van der Waals surface area (Å²) in [4.78, 5) is 16.8. The Balaban J connectivity index is 1.47. The van der Waals surface area contributed by atoms with Gasteiger partial charge < -0.3 is 5.32 Å². The molecule has 0 aliphatic carbocycles. The summed E-state index contributed by atoms with van der Waals surface area (Å²) in [5.41, 5.74) is 5.44. The van der Waals surface area contributed by atoms with Crippen LogP contribution < -0.4 is 5.32 Å². The van der Waals surface area contributed by atoms with Crippen molar-refractivity contribution >= 4 is 17.2 Å². The van der Waals surface area contributed by atoms with Crippen molar-refractivity contribution in [3.05, 3.63) is 96.3 Å². The smallest absolute Gasteiger partial charge is 0.255 e. The van der Waals surface area contributed by atoms with Crippen LogP contribution in [-0.2, 0) is 0 Å². The first-order valence-corrected chi connectivity index (χ1v) is 9.79. The zero-order valence-electron chi connectivity index (χ0n) is 16.7.